The van der Waals surface area contributed by atoms with Crippen LogP contribution < -0.4 is 5.43 Å². The van der Waals surface area contributed by atoms with Gasteiger partial charge in [-0.05, 0) is 12.3 Å². The number of hydrazine groups is 1. The number of carbonyl (C=O) groups is 1. The Morgan fingerprint density at radius 3 is 2.89 bits per heavy atom. The van der Waals surface area contributed by atoms with Crippen LogP contribution in [0.2, 0.25) is 0 Å². The van der Waals surface area contributed by atoms with Gasteiger partial charge in [0.05, 0.1) is 6.04 Å². The second kappa shape index (κ2) is 1.48. The summed E-state index contributed by atoms with van der Waals surface area (Å²) in [5.74, 6) is 0.948. The number of fused-ring (bicyclic) bond motifs is 1. The molecule has 1 heterocycles. The molecule has 9 heavy (non-hydrogen) atoms. The predicted molar refractivity (Wildman–Crippen MR) is 32.4 cm³/mol. The molecule has 2 atom stereocenters. The lowest BCUT2D eigenvalue weighted by Crippen LogP contribution is -2.38. The van der Waals surface area contributed by atoms with Crippen molar-refractivity contribution in [2.24, 2.45) is 5.92 Å². The zero-order valence-corrected chi connectivity index (χ0v) is 5.42. The number of hydrogen-bond donors (Lipinski definition) is 1. The Kier molecular flexibility index (Phi) is 0.858. The summed E-state index contributed by atoms with van der Waals surface area (Å²) < 4.78 is 0. The van der Waals surface area contributed by atoms with Gasteiger partial charge in [0.15, 0.2) is 0 Å². The lowest BCUT2D eigenvalue weighted by molar-refractivity contribution is -0.131. The van der Waals surface area contributed by atoms with E-state index in [0.29, 0.717) is 12.0 Å². The van der Waals surface area contributed by atoms with Crippen molar-refractivity contribution in [3.8, 4) is 0 Å². The van der Waals surface area contributed by atoms with Crippen LogP contribution in [0.15, 0.2) is 0 Å². The number of nitrogens with one attached hydrogen (secondary N) is 1. The molecule has 0 spiro atoms. The Morgan fingerprint density at radius 1 is 1.78 bits per heavy atom. The van der Waals surface area contributed by atoms with E-state index < -0.39 is 0 Å². The summed E-state index contributed by atoms with van der Waals surface area (Å²) in [7, 11) is 1.80. The summed E-state index contributed by atoms with van der Waals surface area (Å²) in [5.41, 5.74) is 2.89. The minimum atomic E-state index is 0.263. The first-order valence-electron chi connectivity index (χ1n) is 3.32. The molecule has 3 heteroatoms. The van der Waals surface area contributed by atoms with Crippen molar-refractivity contribution >= 4 is 5.91 Å². The van der Waals surface area contributed by atoms with Crippen LogP contribution in [0, 0.1) is 5.92 Å². The van der Waals surface area contributed by atoms with E-state index in [4.69, 9.17) is 0 Å². The van der Waals surface area contributed by atoms with Gasteiger partial charge < -0.3 is 0 Å². The van der Waals surface area contributed by atoms with Crippen molar-refractivity contribution in [1.29, 1.82) is 0 Å². The molecule has 2 fully saturated rings. The zero-order chi connectivity index (χ0) is 6.43. The van der Waals surface area contributed by atoms with Crippen molar-refractivity contribution in [3.05, 3.63) is 0 Å². The van der Waals surface area contributed by atoms with E-state index in [1.165, 1.54) is 6.42 Å². The van der Waals surface area contributed by atoms with Crippen molar-refractivity contribution in [2.75, 3.05) is 7.05 Å². The molecule has 1 aliphatic carbocycles. The minimum absolute atomic E-state index is 0.263. The largest absolute Gasteiger partial charge is 0.275 e. The third-order valence-electron chi connectivity index (χ3n) is 2.16. The van der Waals surface area contributed by atoms with Crippen LogP contribution in [0.25, 0.3) is 0 Å². The molecule has 2 unspecified atom stereocenters. The topological polar surface area (TPSA) is 32.3 Å². The number of carbonyl (C=O) groups excluding carboxylic acids is 1. The maximum absolute atomic E-state index is 10.9. The van der Waals surface area contributed by atoms with E-state index in [9.17, 15) is 4.79 Å². The van der Waals surface area contributed by atoms with Gasteiger partial charge in [-0.1, -0.05) is 0 Å². The van der Waals surface area contributed by atoms with Crippen LogP contribution in [0.1, 0.15) is 12.8 Å². The molecule has 1 amide bonds. The van der Waals surface area contributed by atoms with Gasteiger partial charge in [-0.25, -0.2) is 5.43 Å². The van der Waals surface area contributed by atoms with Crippen molar-refractivity contribution in [2.45, 2.75) is 18.9 Å². The molecule has 0 aromatic rings. The van der Waals surface area contributed by atoms with Gasteiger partial charge in [-0.15, -0.1) is 0 Å². The first kappa shape index (κ1) is 5.23. The third-order valence-corrected chi connectivity index (χ3v) is 2.16. The fraction of sp³-hybridized carbons (Fsp3) is 0.833. The van der Waals surface area contributed by atoms with E-state index in [0.717, 1.165) is 6.42 Å². The van der Waals surface area contributed by atoms with Crippen molar-refractivity contribution in [1.82, 2.24) is 10.4 Å². The third kappa shape index (κ3) is 0.580. The first-order chi connectivity index (χ1) is 4.33. The predicted octanol–water partition coefficient (Wildman–Crippen LogP) is -0.258. The summed E-state index contributed by atoms with van der Waals surface area (Å²) in [6, 6.07) is 0.544. The molecular weight excluding hydrogens is 116 g/mol. The highest BCUT2D eigenvalue weighted by molar-refractivity contribution is 5.80. The van der Waals surface area contributed by atoms with Crippen LogP contribution in [-0.2, 0) is 4.79 Å². The fourth-order valence-corrected chi connectivity index (χ4v) is 1.57. The van der Waals surface area contributed by atoms with Gasteiger partial charge in [0.25, 0.3) is 0 Å². The minimum Gasteiger partial charge on any atom is -0.275 e. The molecule has 1 saturated heterocycles. The SMILES string of the molecule is CNN1C(=O)CC2CC21. The van der Waals surface area contributed by atoms with Gasteiger partial charge in [-0.2, -0.15) is 0 Å². The van der Waals surface area contributed by atoms with Gasteiger partial charge in [0.1, 0.15) is 0 Å². The number of rotatable bonds is 1. The molecule has 50 valence electrons. The molecule has 0 aromatic carbocycles. The second-order valence-electron chi connectivity index (χ2n) is 2.75. The van der Waals surface area contributed by atoms with Crippen LogP contribution in [0.5, 0.6) is 0 Å². The lowest BCUT2D eigenvalue weighted by atomic mass is 10.3. The summed E-state index contributed by atoms with van der Waals surface area (Å²) in [4.78, 5) is 10.9. The van der Waals surface area contributed by atoms with E-state index in [-0.39, 0.29) is 5.91 Å². The lowest BCUT2D eigenvalue weighted by Gasteiger charge is -2.15. The van der Waals surface area contributed by atoms with Crippen LogP contribution in [-0.4, -0.2) is 24.0 Å². The average Bonchev–Trinajstić information content (AvgIpc) is 2.45. The Bertz CT molecular complexity index is 157. The molecule has 2 rings (SSSR count). The normalized spacial score (nSPS) is 39.2. The van der Waals surface area contributed by atoms with Crippen LogP contribution in [0.3, 0.4) is 0 Å². The maximum atomic E-state index is 10.9. The summed E-state index contributed by atoms with van der Waals surface area (Å²) in [6.07, 6.45) is 1.98. The maximum Gasteiger partial charge on any atom is 0.237 e. The van der Waals surface area contributed by atoms with Gasteiger partial charge in [0, 0.05) is 13.5 Å². The number of amides is 1. The average molecular weight is 126 g/mol. The molecule has 0 aromatic heterocycles. The summed E-state index contributed by atoms with van der Waals surface area (Å²) in [5, 5.41) is 1.75. The molecule has 0 radical (unpaired) electrons. The van der Waals surface area contributed by atoms with Crippen LogP contribution in [0.4, 0.5) is 0 Å². The standard InChI is InChI=1S/C6H10N2O/c1-7-8-5-2-4(5)3-6(8)9/h4-5,7H,2-3H2,1H3. The highest BCUT2D eigenvalue weighted by Gasteiger charge is 2.51. The molecule has 3 nitrogen and oxygen atoms in total. The highest BCUT2D eigenvalue weighted by atomic mass is 16.2. The molecular formula is C6H10N2O. The fourth-order valence-electron chi connectivity index (χ4n) is 1.57. The van der Waals surface area contributed by atoms with E-state index in [1.807, 2.05) is 0 Å². The van der Waals surface area contributed by atoms with E-state index in [1.54, 1.807) is 12.1 Å². The molecule has 0 bridgehead atoms. The van der Waals surface area contributed by atoms with Gasteiger partial charge in [-0.3, -0.25) is 9.80 Å². The monoisotopic (exact) mass is 126 g/mol. The van der Waals surface area contributed by atoms with Crippen molar-refractivity contribution < 1.29 is 4.79 Å². The van der Waals surface area contributed by atoms with E-state index in [2.05, 4.69) is 5.43 Å². The molecule has 2 aliphatic rings. The van der Waals surface area contributed by atoms with E-state index >= 15 is 0 Å². The second-order valence-corrected chi connectivity index (χ2v) is 2.75. The molecule has 1 aliphatic heterocycles. The number of hydrogen-bond acceptors (Lipinski definition) is 2. The zero-order valence-electron chi connectivity index (χ0n) is 5.42. The number of piperidine rings is 1. The van der Waals surface area contributed by atoms with Gasteiger partial charge in [0.2, 0.25) is 5.91 Å². The Hall–Kier alpha value is -0.570. The Morgan fingerprint density at radius 2 is 2.56 bits per heavy atom. The quantitative estimate of drug-likeness (QED) is 0.525. The smallest absolute Gasteiger partial charge is 0.237 e. The Balaban J connectivity index is 2.10. The highest BCUT2D eigenvalue weighted by Crippen LogP contribution is 2.43. The summed E-state index contributed by atoms with van der Waals surface area (Å²) >= 11 is 0. The first-order valence-corrected chi connectivity index (χ1v) is 3.32. The Labute approximate surface area is 54.0 Å². The van der Waals surface area contributed by atoms with Gasteiger partial charge >= 0.3 is 0 Å². The number of nitrogens with zero attached hydrogens (tertiary/aromatic N) is 1. The van der Waals surface area contributed by atoms with Crippen molar-refractivity contribution in [3.63, 3.8) is 0 Å². The van der Waals surface area contributed by atoms with Crippen LogP contribution >= 0.6 is 0 Å². The molecule has 1 saturated carbocycles. The molecule has 1 N–H and O–H groups in total. The summed E-state index contributed by atoms with van der Waals surface area (Å²) in [6.45, 7) is 0.